The van der Waals surface area contributed by atoms with Crippen LogP contribution < -0.4 is 10.6 Å². The van der Waals surface area contributed by atoms with Crippen molar-refractivity contribution in [2.24, 2.45) is 7.05 Å². The third kappa shape index (κ3) is 3.49. The van der Waals surface area contributed by atoms with Crippen LogP contribution in [0.2, 0.25) is 0 Å². The van der Waals surface area contributed by atoms with E-state index in [2.05, 4.69) is 20.6 Å². The van der Waals surface area contributed by atoms with E-state index >= 15 is 0 Å². The Bertz CT molecular complexity index is 635. The number of likely N-dealkylation sites (N-methyl/N-ethyl adjacent to an activating group) is 1. The van der Waals surface area contributed by atoms with E-state index < -0.39 is 5.54 Å². The molecule has 0 bridgehead atoms. The zero-order valence-electron chi connectivity index (χ0n) is 15.3. The van der Waals surface area contributed by atoms with Gasteiger partial charge in [-0.25, -0.2) is 4.79 Å². The maximum absolute atomic E-state index is 12.6. The second-order valence-electron chi connectivity index (χ2n) is 7.17. The van der Waals surface area contributed by atoms with Crippen LogP contribution in [0.15, 0.2) is 12.4 Å². The van der Waals surface area contributed by atoms with E-state index in [-0.39, 0.29) is 18.0 Å². The fraction of sp³-hybridized carbons (Fsp3) is 0.706. The van der Waals surface area contributed by atoms with Crippen LogP contribution in [0.1, 0.15) is 37.8 Å². The van der Waals surface area contributed by atoms with Crippen LogP contribution >= 0.6 is 0 Å². The number of aromatic nitrogens is 2. The number of rotatable bonds is 2. The van der Waals surface area contributed by atoms with Crippen molar-refractivity contribution in [3.8, 4) is 0 Å². The van der Waals surface area contributed by atoms with Crippen LogP contribution in [-0.2, 0) is 11.8 Å². The first-order valence-corrected chi connectivity index (χ1v) is 8.96. The molecular formula is C17H28N6O2. The van der Waals surface area contributed by atoms with Gasteiger partial charge in [-0.05, 0) is 33.2 Å². The molecule has 25 heavy (non-hydrogen) atoms. The number of carbonyl (C=O) groups is 2. The minimum atomic E-state index is -0.470. The molecule has 3 amide bonds. The van der Waals surface area contributed by atoms with Crippen LogP contribution in [0.5, 0.6) is 0 Å². The Morgan fingerprint density at radius 1 is 1.32 bits per heavy atom. The van der Waals surface area contributed by atoms with Crippen molar-refractivity contribution < 1.29 is 9.59 Å². The molecule has 0 aliphatic carbocycles. The van der Waals surface area contributed by atoms with Crippen LogP contribution in [0.4, 0.5) is 4.79 Å². The average Bonchev–Trinajstić information content (AvgIpc) is 2.99. The van der Waals surface area contributed by atoms with E-state index in [1.165, 1.54) is 0 Å². The number of amides is 3. The standard InChI is InChI=1S/C17H28N6O2/c1-13(14-11-19-22(3)12-14)20-16(25)23-9-5-17(6-10-23)15(24)18-7-4-8-21(17)2/h11-13H,4-10H2,1-3H3,(H,18,24)(H,20,25)/t13-/m0/s1. The van der Waals surface area contributed by atoms with Gasteiger partial charge in [0.1, 0.15) is 5.54 Å². The van der Waals surface area contributed by atoms with Crippen LogP contribution in [0.3, 0.4) is 0 Å². The lowest BCUT2D eigenvalue weighted by Crippen LogP contribution is -2.62. The third-order valence-corrected chi connectivity index (χ3v) is 5.55. The van der Waals surface area contributed by atoms with Gasteiger partial charge in [0.15, 0.2) is 0 Å². The molecule has 8 heteroatoms. The van der Waals surface area contributed by atoms with Gasteiger partial charge in [0, 0.05) is 45.0 Å². The van der Waals surface area contributed by atoms with Gasteiger partial charge in [0.2, 0.25) is 5.91 Å². The van der Waals surface area contributed by atoms with Gasteiger partial charge in [0.05, 0.1) is 12.2 Å². The Hall–Kier alpha value is -2.09. The molecule has 0 radical (unpaired) electrons. The van der Waals surface area contributed by atoms with E-state index in [1.807, 2.05) is 32.1 Å². The van der Waals surface area contributed by atoms with E-state index in [0.29, 0.717) is 25.9 Å². The van der Waals surface area contributed by atoms with Crippen molar-refractivity contribution >= 4 is 11.9 Å². The number of likely N-dealkylation sites (tertiary alicyclic amines) is 1. The molecule has 1 spiro atoms. The van der Waals surface area contributed by atoms with Crippen molar-refractivity contribution in [2.75, 3.05) is 33.2 Å². The molecule has 2 fully saturated rings. The molecule has 2 aliphatic rings. The highest BCUT2D eigenvalue weighted by Gasteiger charge is 2.46. The lowest BCUT2D eigenvalue weighted by atomic mass is 9.85. The van der Waals surface area contributed by atoms with Gasteiger partial charge in [-0.3, -0.25) is 14.4 Å². The molecule has 138 valence electrons. The average molecular weight is 348 g/mol. The van der Waals surface area contributed by atoms with E-state index in [0.717, 1.165) is 25.1 Å². The monoisotopic (exact) mass is 348 g/mol. The second kappa shape index (κ2) is 7.03. The first-order chi connectivity index (χ1) is 11.9. The topological polar surface area (TPSA) is 82.5 Å². The summed E-state index contributed by atoms with van der Waals surface area (Å²) in [5.74, 6) is 0.108. The number of urea groups is 1. The summed E-state index contributed by atoms with van der Waals surface area (Å²) >= 11 is 0. The number of piperidine rings is 1. The zero-order chi connectivity index (χ0) is 18.0. The summed E-state index contributed by atoms with van der Waals surface area (Å²) in [6.45, 7) is 4.76. The summed E-state index contributed by atoms with van der Waals surface area (Å²) in [6, 6.07) is -0.177. The third-order valence-electron chi connectivity index (χ3n) is 5.55. The molecule has 3 rings (SSSR count). The molecule has 8 nitrogen and oxygen atoms in total. The molecular weight excluding hydrogens is 320 g/mol. The number of hydrogen-bond donors (Lipinski definition) is 2. The Morgan fingerprint density at radius 2 is 2.04 bits per heavy atom. The summed E-state index contributed by atoms with van der Waals surface area (Å²) in [5.41, 5.74) is 0.509. The summed E-state index contributed by atoms with van der Waals surface area (Å²) in [6.07, 6.45) is 5.98. The number of carbonyl (C=O) groups excluding carboxylic acids is 2. The summed E-state index contributed by atoms with van der Waals surface area (Å²) in [7, 11) is 3.88. The summed E-state index contributed by atoms with van der Waals surface area (Å²) < 4.78 is 1.73. The number of hydrogen-bond acceptors (Lipinski definition) is 4. The highest BCUT2D eigenvalue weighted by molar-refractivity contribution is 5.87. The number of nitrogens with one attached hydrogen (secondary N) is 2. The normalized spacial score (nSPS) is 22.4. The SMILES string of the molecule is C[C@H](NC(=O)N1CCC2(CC1)C(=O)NCCCN2C)c1cnn(C)c1. The molecule has 1 aromatic rings. The molecule has 0 saturated carbocycles. The zero-order valence-corrected chi connectivity index (χ0v) is 15.3. The Labute approximate surface area is 148 Å². The molecule has 0 unspecified atom stereocenters. The molecule has 2 N–H and O–H groups in total. The predicted molar refractivity (Wildman–Crippen MR) is 93.9 cm³/mol. The van der Waals surface area contributed by atoms with Crippen LogP contribution in [-0.4, -0.2) is 70.3 Å². The summed E-state index contributed by atoms with van der Waals surface area (Å²) in [5, 5.41) is 10.2. The highest BCUT2D eigenvalue weighted by Crippen LogP contribution is 2.30. The van der Waals surface area contributed by atoms with Crippen molar-refractivity contribution in [2.45, 2.75) is 37.8 Å². The largest absolute Gasteiger partial charge is 0.354 e. The summed E-state index contributed by atoms with van der Waals surface area (Å²) in [4.78, 5) is 29.1. The van der Waals surface area contributed by atoms with Crippen molar-refractivity contribution in [3.63, 3.8) is 0 Å². The first kappa shape index (κ1) is 17.7. The van der Waals surface area contributed by atoms with Crippen molar-refractivity contribution in [3.05, 3.63) is 18.0 Å². The van der Waals surface area contributed by atoms with E-state index in [4.69, 9.17) is 0 Å². The van der Waals surface area contributed by atoms with Gasteiger partial charge in [-0.1, -0.05) is 0 Å². The minimum absolute atomic E-state index is 0.0807. The van der Waals surface area contributed by atoms with E-state index in [9.17, 15) is 9.59 Å². The lowest BCUT2D eigenvalue weighted by molar-refractivity contribution is -0.134. The predicted octanol–water partition coefficient (Wildman–Crippen LogP) is 0.477. The molecule has 0 aromatic carbocycles. The van der Waals surface area contributed by atoms with Crippen molar-refractivity contribution in [1.82, 2.24) is 30.2 Å². The first-order valence-electron chi connectivity index (χ1n) is 8.96. The Balaban J connectivity index is 1.59. The van der Waals surface area contributed by atoms with Gasteiger partial charge < -0.3 is 15.5 Å². The Kier molecular flexibility index (Phi) is 4.99. The van der Waals surface area contributed by atoms with E-state index in [1.54, 1.807) is 10.9 Å². The molecule has 2 saturated heterocycles. The van der Waals surface area contributed by atoms with Gasteiger partial charge in [0.25, 0.3) is 0 Å². The molecule has 2 aliphatic heterocycles. The molecule has 3 heterocycles. The maximum atomic E-state index is 12.6. The maximum Gasteiger partial charge on any atom is 0.317 e. The van der Waals surface area contributed by atoms with Gasteiger partial charge >= 0.3 is 6.03 Å². The quantitative estimate of drug-likeness (QED) is 0.814. The van der Waals surface area contributed by atoms with Crippen LogP contribution in [0.25, 0.3) is 0 Å². The smallest absolute Gasteiger partial charge is 0.317 e. The second-order valence-corrected chi connectivity index (χ2v) is 7.17. The Morgan fingerprint density at radius 3 is 2.68 bits per heavy atom. The van der Waals surface area contributed by atoms with Crippen LogP contribution in [0, 0.1) is 0 Å². The van der Waals surface area contributed by atoms with Crippen molar-refractivity contribution in [1.29, 1.82) is 0 Å². The lowest BCUT2D eigenvalue weighted by Gasteiger charge is -2.45. The highest BCUT2D eigenvalue weighted by atomic mass is 16.2. The molecule has 1 aromatic heterocycles. The van der Waals surface area contributed by atoms with Gasteiger partial charge in [-0.15, -0.1) is 0 Å². The molecule has 1 atom stereocenters. The number of aryl methyl sites for hydroxylation is 1. The fourth-order valence-corrected chi connectivity index (χ4v) is 3.78. The fourth-order valence-electron chi connectivity index (χ4n) is 3.78. The number of nitrogens with zero attached hydrogens (tertiary/aromatic N) is 4. The minimum Gasteiger partial charge on any atom is -0.354 e. The van der Waals surface area contributed by atoms with Gasteiger partial charge in [-0.2, -0.15) is 5.10 Å².